The van der Waals surface area contributed by atoms with Crippen LogP contribution in [-0.2, 0) is 6.54 Å². The molecule has 98 valence electrons. The maximum atomic E-state index is 11.0. The minimum Gasteiger partial charge on any atom is -0.478 e. The third-order valence-electron chi connectivity index (χ3n) is 2.89. The monoisotopic (exact) mass is 257 g/mol. The van der Waals surface area contributed by atoms with Gasteiger partial charge in [-0.2, -0.15) is 5.10 Å². The molecule has 2 rings (SSSR count). The fraction of sp³-hybridized carbons (Fsp3) is 0.143. The third-order valence-corrected chi connectivity index (χ3v) is 2.89. The van der Waals surface area contributed by atoms with E-state index >= 15 is 0 Å². The number of rotatable bonds is 5. The van der Waals surface area contributed by atoms with E-state index in [-0.39, 0.29) is 0 Å². The van der Waals surface area contributed by atoms with Gasteiger partial charge in [-0.1, -0.05) is 12.6 Å². The molecule has 5 nitrogen and oxygen atoms in total. The Bertz CT molecular complexity index is 617. The van der Waals surface area contributed by atoms with Crippen molar-refractivity contribution in [2.75, 3.05) is 5.32 Å². The van der Waals surface area contributed by atoms with Crippen molar-refractivity contribution in [3.8, 4) is 0 Å². The standard InChI is InChI=1S/C14H15N3O2/c1-3-17-9-11(8-16-17)7-15-13-6-4-5-12(10(13)2)14(18)19/h3-6,8-9,15H,1,7H2,2H3,(H,18,19). The van der Waals surface area contributed by atoms with E-state index in [9.17, 15) is 4.79 Å². The quantitative estimate of drug-likeness (QED) is 0.864. The van der Waals surface area contributed by atoms with Gasteiger partial charge in [-0.15, -0.1) is 0 Å². The fourth-order valence-electron chi connectivity index (χ4n) is 1.82. The third kappa shape index (κ3) is 2.82. The van der Waals surface area contributed by atoms with Gasteiger partial charge in [0.05, 0.1) is 11.8 Å². The Kier molecular flexibility index (Phi) is 3.66. The zero-order valence-corrected chi connectivity index (χ0v) is 10.6. The Morgan fingerprint density at radius 3 is 3.00 bits per heavy atom. The van der Waals surface area contributed by atoms with Gasteiger partial charge in [-0.05, 0) is 24.6 Å². The summed E-state index contributed by atoms with van der Waals surface area (Å²) >= 11 is 0. The second-order valence-corrected chi connectivity index (χ2v) is 4.15. The van der Waals surface area contributed by atoms with Crippen LogP contribution in [-0.4, -0.2) is 20.9 Å². The van der Waals surface area contributed by atoms with Gasteiger partial charge < -0.3 is 10.4 Å². The highest BCUT2D eigenvalue weighted by atomic mass is 16.4. The van der Waals surface area contributed by atoms with Crippen molar-refractivity contribution in [2.24, 2.45) is 0 Å². The Labute approximate surface area is 111 Å². The Morgan fingerprint density at radius 2 is 2.37 bits per heavy atom. The minimum absolute atomic E-state index is 0.312. The number of hydrogen-bond acceptors (Lipinski definition) is 3. The average molecular weight is 257 g/mol. The lowest BCUT2D eigenvalue weighted by atomic mass is 10.1. The Morgan fingerprint density at radius 1 is 1.58 bits per heavy atom. The first-order valence-electron chi connectivity index (χ1n) is 5.84. The number of carboxylic acids is 1. The first-order valence-corrected chi connectivity index (χ1v) is 5.84. The lowest BCUT2D eigenvalue weighted by Crippen LogP contribution is -2.05. The Hall–Kier alpha value is -2.56. The second-order valence-electron chi connectivity index (χ2n) is 4.15. The van der Waals surface area contributed by atoms with Gasteiger partial charge in [0, 0.05) is 30.2 Å². The summed E-state index contributed by atoms with van der Waals surface area (Å²) in [6.45, 7) is 5.99. The molecule has 0 amide bonds. The summed E-state index contributed by atoms with van der Waals surface area (Å²) < 4.78 is 1.62. The van der Waals surface area contributed by atoms with Crippen LogP contribution >= 0.6 is 0 Å². The van der Waals surface area contributed by atoms with E-state index in [1.165, 1.54) is 0 Å². The van der Waals surface area contributed by atoms with Crippen LogP contribution in [0.2, 0.25) is 0 Å². The van der Waals surface area contributed by atoms with Crippen LogP contribution in [0, 0.1) is 6.92 Å². The molecule has 0 spiro atoms. The highest BCUT2D eigenvalue weighted by molar-refractivity contribution is 5.91. The van der Waals surface area contributed by atoms with Gasteiger partial charge in [0.2, 0.25) is 0 Å². The molecule has 2 N–H and O–H groups in total. The molecule has 1 aromatic carbocycles. The molecule has 0 atom stereocenters. The topological polar surface area (TPSA) is 67.2 Å². The molecular weight excluding hydrogens is 242 g/mol. The molecule has 1 aromatic heterocycles. The number of hydrogen-bond donors (Lipinski definition) is 2. The maximum absolute atomic E-state index is 11.0. The number of nitrogens with zero attached hydrogens (tertiary/aromatic N) is 2. The number of benzene rings is 1. The zero-order chi connectivity index (χ0) is 13.8. The SMILES string of the molecule is C=Cn1cc(CNc2cccc(C(=O)O)c2C)cn1. The summed E-state index contributed by atoms with van der Waals surface area (Å²) in [5.74, 6) is -0.916. The van der Waals surface area contributed by atoms with Crippen LogP contribution < -0.4 is 5.32 Å². The van der Waals surface area contributed by atoms with Crippen molar-refractivity contribution < 1.29 is 9.90 Å². The van der Waals surface area contributed by atoms with Crippen LogP contribution in [0.4, 0.5) is 5.69 Å². The van der Waals surface area contributed by atoms with Crippen molar-refractivity contribution >= 4 is 17.9 Å². The van der Waals surface area contributed by atoms with Crippen molar-refractivity contribution in [3.05, 3.63) is 53.9 Å². The molecule has 5 heteroatoms. The number of carboxylic acid groups (broad SMARTS) is 1. The zero-order valence-electron chi connectivity index (χ0n) is 10.6. The number of nitrogens with one attached hydrogen (secondary N) is 1. The molecule has 0 saturated heterocycles. The van der Waals surface area contributed by atoms with Crippen LogP contribution in [0.5, 0.6) is 0 Å². The van der Waals surface area contributed by atoms with Gasteiger partial charge >= 0.3 is 5.97 Å². The summed E-state index contributed by atoms with van der Waals surface area (Å²) in [7, 11) is 0. The highest BCUT2D eigenvalue weighted by Gasteiger charge is 2.09. The summed E-state index contributed by atoms with van der Waals surface area (Å²) in [5.41, 5.74) is 2.85. The Balaban J connectivity index is 2.13. The van der Waals surface area contributed by atoms with E-state index in [2.05, 4.69) is 17.0 Å². The summed E-state index contributed by atoms with van der Waals surface area (Å²) in [6, 6.07) is 5.18. The summed E-state index contributed by atoms with van der Waals surface area (Å²) in [4.78, 5) is 11.0. The van der Waals surface area contributed by atoms with Gasteiger partial charge in [-0.25, -0.2) is 9.48 Å². The average Bonchev–Trinajstić information content (AvgIpc) is 2.85. The second kappa shape index (κ2) is 5.39. The smallest absolute Gasteiger partial charge is 0.336 e. The van der Waals surface area contributed by atoms with E-state index in [1.54, 1.807) is 36.1 Å². The molecule has 0 radical (unpaired) electrons. The van der Waals surface area contributed by atoms with E-state index in [0.717, 1.165) is 16.8 Å². The molecule has 0 aliphatic rings. The lowest BCUT2D eigenvalue weighted by molar-refractivity contribution is 0.0696. The molecular formula is C14H15N3O2. The number of aromatic nitrogens is 2. The van der Waals surface area contributed by atoms with Crippen molar-refractivity contribution in [3.63, 3.8) is 0 Å². The van der Waals surface area contributed by atoms with E-state index in [4.69, 9.17) is 5.11 Å². The number of carbonyl (C=O) groups is 1. The molecule has 0 saturated carbocycles. The fourth-order valence-corrected chi connectivity index (χ4v) is 1.82. The summed E-state index contributed by atoms with van der Waals surface area (Å²) in [5, 5.41) is 16.3. The maximum Gasteiger partial charge on any atom is 0.336 e. The van der Waals surface area contributed by atoms with E-state index < -0.39 is 5.97 Å². The predicted octanol–water partition coefficient (Wildman–Crippen LogP) is 2.60. The van der Waals surface area contributed by atoms with Gasteiger partial charge in [0.1, 0.15) is 0 Å². The van der Waals surface area contributed by atoms with Crippen molar-refractivity contribution in [2.45, 2.75) is 13.5 Å². The lowest BCUT2D eigenvalue weighted by Gasteiger charge is -2.10. The normalized spacial score (nSPS) is 10.2. The van der Waals surface area contributed by atoms with Crippen molar-refractivity contribution in [1.82, 2.24) is 9.78 Å². The highest BCUT2D eigenvalue weighted by Crippen LogP contribution is 2.19. The van der Waals surface area contributed by atoms with Crippen LogP contribution in [0.15, 0.2) is 37.2 Å². The summed E-state index contributed by atoms with van der Waals surface area (Å²) in [6.07, 6.45) is 5.21. The van der Waals surface area contributed by atoms with Crippen molar-refractivity contribution in [1.29, 1.82) is 0 Å². The van der Waals surface area contributed by atoms with E-state index in [0.29, 0.717) is 12.1 Å². The first kappa shape index (κ1) is 12.9. The molecule has 0 bridgehead atoms. The van der Waals surface area contributed by atoms with Crippen LogP contribution in [0.1, 0.15) is 21.5 Å². The minimum atomic E-state index is -0.916. The van der Waals surface area contributed by atoms with Crippen LogP contribution in [0.25, 0.3) is 6.20 Å². The predicted molar refractivity (Wildman–Crippen MR) is 74.1 cm³/mol. The molecule has 0 unspecified atom stereocenters. The van der Waals surface area contributed by atoms with E-state index in [1.807, 2.05) is 12.3 Å². The van der Waals surface area contributed by atoms with Gasteiger partial charge in [0.25, 0.3) is 0 Å². The number of aromatic carboxylic acids is 1. The van der Waals surface area contributed by atoms with Gasteiger partial charge in [-0.3, -0.25) is 0 Å². The first-order chi connectivity index (χ1) is 9.11. The largest absolute Gasteiger partial charge is 0.478 e. The molecule has 1 heterocycles. The molecule has 2 aromatic rings. The molecule has 0 aliphatic carbocycles. The number of anilines is 1. The molecule has 19 heavy (non-hydrogen) atoms. The molecule has 0 fully saturated rings. The van der Waals surface area contributed by atoms with Gasteiger partial charge in [0.15, 0.2) is 0 Å². The molecule has 0 aliphatic heterocycles. The van der Waals surface area contributed by atoms with Crippen LogP contribution in [0.3, 0.4) is 0 Å².